The van der Waals surface area contributed by atoms with Crippen LogP contribution in [0.4, 0.5) is 0 Å². The van der Waals surface area contributed by atoms with Gasteiger partial charge in [0.1, 0.15) is 12.4 Å². The Kier molecular flexibility index (Phi) is 10.9. The van der Waals surface area contributed by atoms with Crippen molar-refractivity contribution in [2.45, 2.75) is 25.5 Å². The third-order valence-electron chi connectivity index (χ3n) is 3.65. The molecule has 0 bridgehead atoms. The lowest BCUT2D eigenvalue weighted by atomic mass is 10.3. The molecule has 1 aromatic carbocycles. The number of hydrogen-bond acceptors (Lipinski definition) is 4. The number of benzene rings is 1. The fourth-order valence-electron chi connectivity index (χ4n) is 1.95. The highest BCUT2D eigenvalue weighted by Gasteiger charge is 2.28. The average molecular weight is 518 g/mol. The van der Waals surface area contributed by atoms with Crippen molar-refractivity contribution in [2.75, 3.05) is 39.5 Å². The first-order chi connectivity index (χ1) is 11.6. The molecule has 0 heterocycles. The van der Waals surface area contributed by atoms with Crippen LogP contribution in [0, 0.1) is 0 Å². The van der Waals surface area contributed by atoms with Crippen LogP contribution in [-0.4, -0.2) is 63.6 Å². The highest BCUT2D eigenvalue weighted by atomic mass is 127. The van der Waals surface area contributed by atoms with E-state index in [0.29, 0.717) is 36.4 Å². The van der Waals surface area contributed by atoms with Crippen molar-refractivity contribution in [3.05, 3.63) is 29.3 Å². The largest absolute Gasteiger partial charge is 0.492 e. The van der Waals surface area contributed by atoms with Crippen LogP contribution in [-0.2, 0) is 9.84 Å². The maximum atomic E-state index is 12.1. The van der Waals surface area contributed by atoms with E-state index in [1.807, 2.05) is 24.1 Å². The molecule has 0 unspecified atom stereocenters. The Bertz CT molecular complexity index is 691. The zero-order chi connectivity index (χ0) is 19.1. The maximum Gasteiger partial charge on any atom is 0.193 e. The molecule has 0 aliphatic heterocycles. The highest BCUT2D eigenvalue weighted by molar-refractivity contribution is 14.0. The highest BCUT2D eigenvalue weighted by Crippen LogP contribution is 2.17. The third-order valence-corrected chi connectivity index (χ3v) is 6.49. The molecular formula is C17H29ClIN3O3S. The normalized spacial score (nSPS) is 12.3. The minimum Gasteiger partial charge on any atom is -0.492 e. The molecule has 0 fully saturated rings. The molecule has 0 aromatic heterocycles. The van der Waals surface area contributed by atoms with E-state index >= 15 is 0 Å². The summed E-state index contributed by atoms with van der Waals surface area (Å²) >= 11 is 5.92. The Balaban J connectivity index is 0.00000625. The van der Waals surface area contributed by atoms with Crippen molar-refractivity contribution < 1.29 is 13.2 Å². The van der Waals surface area contributed by atoms with Crippen LogP contribution in [0.1, 0.15) is 20.8 Å². The smallest absolute Gasteiger partial charge is 0.193 e. The van der Waals surface area contributed by atoms with Crippen molar-refractivity contribution in [3.8, 4) is 5.75 Å². The molecule has 0 aliphatic rings. The summed E-state index contributed by atoms with van der Waals surface area (Å²) < 4.78 is 29.1. The summed E-state index contributed by atoms with van der Waals surface area (Å²) in [5.74, 6) is 1.39. The summed E-state index contributed by atoms with van der Waals surface area (Å²) in [6.07, 6.45) is 0. The van der Waals surface area contributed by atoms with Crippen LogP contribution in [0.2, 0.25) is 5.02 Å². The lowest BCUT2D eigenvalue weighted by Crippen LogP contribution is -2.43. The quantitative estimate of drug-likeness (QED) is 0.342. The second kappa shape index (κ2) is 11.2. The molecule has 1 N–H and O–H groups in total. The van der Waals surface area contributed by atoms with Gasteiger partial charge in [0.15, 0.2) is 15.8 Å². The fraction of sp³-hybridized carbons (Fsp3) is 0.588. The maximum absolute atomic E-state index is 12.1. The second-order valence-electron chi connectivity index (χ2n) is 6.63. The molecule has 9 heteroatoms. The van der Waals surface area contributed by atoms with Gasteiger partial charge in [0.05, 0.1) is 17.0 Å². The second-order valence-corrected chi connectivity index (χ2v) is 9.93. The number of nitrogens with one attached hydrogen (secondary N) is 1. The molecule has 0 saturated heterocycles. The molecule has 0 atom stereocenters. The predicted molar refractivity (Wildman–Crippen MR) is 120 cm³/mol. The lowest BCUT2D eigenvalue weighted by molar-refractivity contribution is 0.281. The SMILES string of the molecule is CN=C(NCCS(=O)(=O)C(C)(C)C)N(C)CCOc1cccc(Cl)c1.I. The van der Waals surface area contributed by atoms with E-state index in [-0.39, 0.29) is 29.7 Å². The zero-order valence-corrected chi connectivity index (χ0v) is 19.9. The topological polar surface area (TPSA) is 71.0 Å². The molecule has 0 spiro atoms. The monoisotopic (exact) mass is 517 g/mol. The number of rotatable bonds is 7. The first kappa shape index (κ1) is 25.3. The molecule has 26 heavy (non-hydrogen) atoms. The van der Waals surface area contributed by atoms with Gasteiger partial charge in [-0.05, 0) is 39.0 Å². The first-order valence-corrected chi connectivity index (χ1v) is 10.1. The third kappa shape index (κ3) is 8.30. The summed E-state index contributed by atoms with van der Waals surface area (Å²) in [5.41, 5.74) is 0. The van der Waals surface area contributed by atoms with Gasteiger partial charge < -0.3 is 15.0 Å². The van der Waals surface area contributed by atoms with Gasteiger partial charge in [-0.1, -0.05) is 17.7 Å². The molecule has 0 radical (unpaired) electrons. The van der Waals surface area contributed by atoms with Crippen molar-refractivity contribution in [3.63, 3.8) is 0 Å². The summed E-state index contributed by atoms with van der Waals surface area (Å²) in [5, 5.41) is 3.70. The minimum atomic E-state index is -3.16. The van der Waals surface area contributed by atoms with E-state index in [9.17, 15) is 8.42 Å². The van der Waals surface area contributed by atoms with Gasteiger partial charge in [0, 0.05) is 25.7 Å². The van der Waals surface area contributed by atoms with Crippen LogP contribution in [0.25, 0.3) is 0 Å². The number of halogens is 2. The van der Waals surface area contributed by atoms with Gasteiger partial charge >= 0.3 is 0 Å². The standard InChI is InChI=1S/C17H28ClN3O3S.HI/c1-17(2,3)25(22,23)12-9-20-16(19-4)21(5)10-11-24-15-8-6-7-14(18)13-15;/h6-8,13H,9-12H2,1-5H3,(H,19,20);1H. The van der Waals surface area contributed by atoms with E-state index in [1.54, 1.807) is 40.0 Å². The first-order valence-electron chi connectivity index (χ1n) is 8.09. The molecule has 1 rings (SSSR count). The van der Waals surface area contributed by atoms with E-state index in [4.69, 9.17) is 16.3 Å². The Labute approximate surface area is 179 Å². The van der Waals surface area contributed by atoms with Crippen molar-refractivity contribution in [1.29, 1.82) is 0 Å². The Hall–Kier alpha value is -0.740. The van der Waals surface area contributed by atoms with E-state index in [0.717, 1.165) is 0 Å². The Morgan fingerprint density at radius 2 is 2.00 bits per heavy atom. The number of aliphatic imine (C=N–C) groups is 1. The minimum absolute atomic E-state index is 0. The number of guanidine groups is 1. The van der Waals surface area contributed by atoms with Crippen LogP contribution < -0.4 is 10.1 Å². The molecular weight excluding hydrogens is 489 g/mol. The van der Waals surface area contributed by atoms with Crippen LogP contribution in [0.3, 0.4) is 0 Å². The van der Waals surface area contributed by atoms with Gasteiger partial charge in [0.2, 0.25) is 0 Å². The molecule has 0 saturated carbocycles. The molecule has 150 valence electrons. The number of nitrogens with zero attached hydrogens (tertiary/aromatic N) is 2. The molecule has 0 aliphatic carbocycles. The van der Waals surface area contributed by atoms with E-state index in [2.05, 4.69) is 10.3 Å². The summed E-state index contributed by atoms with van der Waals surface area (Å²) in [6.45, 7) is 6.48. The number of likely N-dealkylation sites (N-methyl/N-ethyl adjacent to an activating group) is 1. The predicted octanol–water partition coefficient (Wildman–Crippen LogP) is 3.06. The average Bonchev–Trinajstić information content (AvgIpc) is 2.50. The van der Waals surface area contributed by atoms with Gasteiger partial charge in [0.25, 0.3) is 0 Å². The molecule has 6 nitrogen and oxygen atoms in total. The molecule has 1 aromatic rings. The van der Waals surface area contributed by atoms with Crippen molar-refractivity contribution >= 4 is 51.4 Å². The zero-order valence-electron chi connectivity index (χ0n) is 16.0. The van der Waals surface area contributed by atoms with E-state index in [1.165, 1.54) is 0 Å². The summed E-state index contributed by atoms with van der Waals surface area (Å²) in [4.78, 5) is 6.05. The fourth-order valence-corrected chi connectivity index (χ4v) is 3.11. The number of sulfone groups is 1. The van der Waals surface area contributed by atoms with Crippen molar-refractivity contribution in [1.82, 2.24) is 10.2 Å². The summed E-state index contributed by atoms with van der Waals surface area (Å²) in [6, 6.07) is 7.22. The van der Waals surface area contributed by atoms with Gasteiger partial charge in [-0.3, -0.25) is 4.99 Å². The van der Waals surface area contributed by atoms with Gasteiger partial charge in [-0.2, -0.15) is 0 Å². The van der Waals surface area contributed by atoms with Gasteiger partial charge in [-0.15, -0.1) is 24.0 Å². The van der Waals surface area contributed by atoms with E-state index < -0.39 is 14.6 Å². The van der Waals surface area contributed by atoms with Crippen molar-refractivity contribution in [2.24, 2.45) is 4.99 Å². The van der Waals surface area contributed by atoms with Gasteiger partial charge in [-0.25, -0.2) is 8.42 Å². The Morgan fingerprint density at radius 3 is 2.54 bits per heavy atom. The van der Waals surface area contributed by atoms with Crippen LogP contribution in [0.15, 0.2) is 29.3 Å². The number of hydrogen-bond donors (Lipinski definition) is 1. The number of ether oxygens (including phenoxy) is 1. The van der Waals surface area contributed by atoms with Crippen LogP contribution >= 0.6 is 35.6 Å². The summed E-state index contributed by atoms with van der Waals surface area (Å²) in [7, 11) is 0.374. The lowest BCUT2D eigenvalue weighted by Gasteiger charge is -2.23. The van der Waals surface area contributed by atoms with Crippen LogP contribution in [0.5, 0.6) is 5.75 Å². The Morgan fingerprint density at radius 1 is 1.35 bits per heavy atom. The molecule has 0 amide bonds.